The number of aryl methyl sites for hydroxylation is 1. The van der Waals surface area contributed by atoms with Gasteiger partial charge < -0.3 is 10.4 Å². The molecule has 0 saturated carbocycles. The Hall–Kier alpha value is -2.09. The first-order chi connectivity index (χ1) is 11.2. The molecule has 0 unspecified atom stereocenters. The van der Waals surface area contributed by atoms with Crippen LogP contribution in [0.1, 0.15) is 48.0 Å². The van der Waals surface area contributed by atoms with E-state index in [-0.39, 0.29) is 12.3 Å². The Morgan fingerprint density at radius 1 is 1.12 bits per heavy atom. The van der Waals surface area contributed by atoms with Crippen LogP contribution < -0.4 is 10.0 Å². The zero-order chi connectivity index (χ0) is 18.2. The van der Waals surface area contributed by atoms with Crippen LogP contribution in [0.25, 0.3) is 0 Å². The van der Waals surface area contributed by atoms with Crippen LogP contribution in [0.3, 0.4) is 0 Å². The van der Waals surface area contributed by atoms with Crippen molar-refractivity contribution in [2.24, 2.45) is 0 Å². The number of carbonyl (C=O) groups is 2. The Morgan fingerprint density at radius 3 is 2.42 bits per heavy atom. The van der Waals surface area contributed by atoms with E-state index in [2.05, 4.69) is 10.0 Å². The molecule has 0 aromatic heterocycles. The maximum absolute atomic E-state index is 12.1. The third-order valence-corrected chi connectivity index (χ3v) is 3.99. The van der Waals surface area contributed by atoms with E-state index < -0.39 is 16.0 Å². The molecule has 24 heavy (non-hydrogen) atoms. The minimum atomic E-state index is -3.40. The van der Waals surface area contributed by atoms with Crippen molar-refractivity contribution in [2.45, 2.75) is 39.0 Å². The number of benzene rings is 1. The summed E-state index contributed by atoms with van der Waals surface area (Å²) < 4.78 is 25.0. The van der Waals surface area contributed by atoms with E-state index in [4.69, 9.17) is 5.11 Å². The molecule has 1 aromatic carbocycles. The first-order valence-corrected chi connectivity index (χ1v) is 9.66. The number of nitrogens with one attached hydrogen (secondary N) is 2. The van der Waals surface area contributed by atoms with Crippen molar-refractivity contribution in [2.75, 3.05) is 17.5 Å². The molecule has 0 aliphatic heterocycles. The summed E-state index contributed by atoms with van der Waals surface area (Å²) in [7, 11) is -3.40. The van der Waals surface area contributed by atoms with E-state index in [1.807, 2.05) is 0 Å². The van der Waals surface area contributed by atoms with Crippen molar-refractivity contribution in [3.05, 3.63) is 29.3 Å². The highest BCUT2D eigenvalue weighted by atomic mass is 32.2. The first kappa shape index (κ1) is 20.0. The molecular weight excluding hydrogens is 332 g/mol. The standard InChI is InChI=1S/C16H24N2O5S/c1-12-8-9-13(11-14(12)18-24(2,22)23)16(21)17-10-6-4-3-5-7-15(19)20/h8-9,11,18H,3-7,10H2,1-2H3,(H,17,21)(H,19,20). The lowest BCUT2D eigenvalue weighted by molar-refractivity contribution is -0.137. The monoisotopic (exact) mass is 356 g/mol. The van der Waals surface area contributed by atoms with Gasteiger partial charge in [0.25, 0.3) is 5.91 Å². The molecular formula is C16H24N2O5S. The first-order valence-electron chi connectivity index (χ1n) is 7.77. The number of carbonyl (C=O) groups excluding carboxylic acids is 1. The Bertz CT molecular complexity index is 686. The number of carboxylic acids is 1. The van der Waals surface area contributed by atoms with Gasteiger partial charge in [-0.05, 0) is 37.5 Å². The van der Waals surface area contributed by atoms with E-state index in [1.165, 1.54) is 6.07 Å². The number of hydrogen-bond donors (Lipinski definition) is 3. The van der Waals surface area contributed by atoms with E-state index in [0.717, 1.165) is 31.1 Å². The Balaban J connectivity index is 2.45. The van der Waals surface area contributed by atoms with Gasteiger partial charge in [0, 0.05) is 18.5 Å². The van der Waals surface area contributed by atoms with Gasteiger partial charge in [0.2, 0.25) is 10.0 Å². The summed E-state index contributed by atoms with van der Waals surface area (Å²) in [6.45, 7) is 2.25. The fraction of sp³-hybridized carbons (Fsp3) is 0.500. The van der Waals surface area contributed by atoms with Crippen LogP contribution in [0, 0.1) is 6.92 Å². The van der Waals surface area contributed by atoms with Gasteiger partial charge in [-0.25, -0.2) is 8.42 Å². The normalized spacial score (nSPS) is 11.1. The number of rotatable bonds is 10. The number of aliphatic carboxylic acids is 1. The average molecular weight is 356 g/mol. The van der Waals surface area contributed by atoms with Crippen molar-refractivity contribution in [3.8, 4) is 0 Å². The van der Waals surface area contributed by atoms with Crippen molar-refractivity contribution in [1.29, 1.82) is 0 Å². The van der Waals surface area contributed by atoms with Gasteiger partial charge in [0.05, 0.1) is 11.9 Å². The highest BCUT2D eigenvalue weighted by molar-refractivity contribution is 7.92. The lowest BCUT2D eigenvalue weighted by atomic mass is 10.1. The zero-order valence-electron chi connectivity index (χ0n) is 14.0. The van der Waals surface area contributed by atoms with Gasteiger partial charge in [-0.1, -0.05) is 18.9 Å². The van der Waals surface area contributed by atoms with E-state index in [0.29, 0.717) is 24.2 Å². The maximum Gasteiger partial charge on any atom is 0.303 e. The Kier molecular flexibility index (Phi) is 7.70. The smallest absolute Gasteiger partial charge is 0.303 e. The molecule has 7 nitrogen and oxygen atoms in total. The van der Waals surface area contributed by atoms with E-state index in [9.17, 15) is 18.0 Å². The van der Waals surface area contributed by atoms with Crippen molar-refractivity contribution >= 4 is 27.6 Å². The summed E-state index contributed by atoms with van der Waals surface area (Å²) in [5.41, 5.74) is 1.51. The molecule has 0 spiro atoms. The minimum absolute atomic E-state index is 0.172. The summed E-state index contributed by atoms with van der Waals surface area (Å²) in [6.07, 6.45) is 4.31. The second-order valence-electron chi connectivity index (χ2n) is 5.72. The molecule has 0 heterocycles. The highest BCUT2D eigenvalue weighted by Gasteiger charge is 2.10. The van der Waals surface area contributed by atoms with E-state index >= 15 is 0 Å². The molecule has 1 aromatic rings. The number of hydrogen-bond acceptors (Lipinski definition) is 4. The van der Waals surface area contributed by atoms with Gasteiger partial charge in [-0.2, -0.15) is 0 Å². The summed E-state index contributed by atoms with van der Waals surface area (Å²) >= 11 is 0. The summed E-state index contributed by atoms with van der Waals surface area (Å²) in [6, 6.07) is 4.85. The molecule has 1 rings (SSSR count). The maximum atomic E-state index is 12.1. The molecule has 134 valence electrons. The van der Waals surface area contributed by atoms with E-state index in [1.54, 1.807) is 19.1 Å². The second kappa shape index (κ2) is 9.27. The molecule has 0 radical (unpaired) electrons. The lowest BCUT2D eigenvalue weighted by Crippen LogP contribution is -2.24. The highest BCUT2D eigenvalue weighted by Crippen LogP contribution is 2.18. The number of anilines is 1. The SMILES string of the molecule is Cc1ccc(C(=O)NCCCCCCC(=O)O)cc1NS(C)(=O)=O. The molecule has 0 aliphatic rings. The minimum Gasteiger partial charge on any atom is -0.481 e. The second-order valence-corrected chi connectivity index (χ2v) is 7.47. The summed E-state index contributed by atoms with van der Waals surface area (Å²) in [4.78, 5) is 22.5. The predicted molar refractivity (Wildman–Crippen MR) is 92.7 cm³/mol. The van der Waals surface area contributed by atoms with Gasteiger partial charge >= 0.3 is 5.97 Å². The quantitative estimate of drug-likeness (QED) is 0.556. The number of carboxylic acid groups (broad SMARTS) is 1. The van der Waals surface area contributed by atoms with Crippen LogP contribution in [-0.2, 0) is 14.8 Å². The number of amides is 1. The van der Waals surface area contributed by atoms with Crippen LogP contribution >= 0.6 is 0 Å². The average Bonchev–Trinajstić information content (AvgIpc) is 2.46. The third-order valence-electron chi connectivity index (χ3n) is 3.40. The van der Waals surface area contributed by atoms with Crippen LogP contribution in [-0.4, -0.2) is 38.2 Å². The fourth-order valence-corrected chi connectivity index (χ4v) is 2.75. The van der Waals surface area contributed by atoms with Crippen LogP contribution in [0.4, 0.5) is 5.69 Å². The van der Waals surface area contributed by atoms with Crippen molar-refractivity contribution in [1.82, 2.24) is 5.32 Å². The Morgan fingerprint density at radius 2 is 1.79 bits per heavy atom. The zero-order valence-corrected chi connectivity index (χ0v) is 14.8. The van der Waals surface area contributed by atoms with Crippen molar-refractivity contribution < 1.29 is 23.1 Å². The van der Waals surface area contributed by atoms with Crippen LogP contribution in [0.5, 0.6) is 0 Å². The summed E-state index contributed by atoms with van der Waals surface area (Å²) in [5.74, 6) is -1.06. The number of sulfonamides is 1. The van der Waals surface area contributed by atoms with Crippen molar-refractivity contribution in [3.63, 3.8) is 0 Å². The lowest BCUT2D eigenvalue weighted by Gasteiger charge is -2.10. The predicted octanol–water partition coefficient (Wildman–Crippen LogP) is 2.13. The molecule has 8 heteroatoms. The molecule has 0 atom stereocenters. The molecule has 1 amide bonds. The third kappa shape index (κ3) is 7.96. The Labute approximate surface area is 142 Å². The molecule has 0 fully saturated rings. The summed E-state index contributed by atoms with van der Waals surface area (Å²) in [5, 5.41) is 11.3. The van der Waals surface area contributed by atoms with Gasteiger partial charge in [0.1, 0.15) is 0 Å². The molecule has 0 saturated heterocycles. The topological polar surface area (TPSA) is 113 Å². The molecule has 3 N–H and O–H groups in total. The van der Waals surface area contributed by atoms with Gasteiger partial charge in [-0.15, -0.1) is 0 Å². The molecule has 0 aliphatic carbocycles. The van der Waals surface area contributed by atoms with Crippen LogP contribution in [0.15, 0.2) is 18.2 Å². The number of unbranched alkanes of at least 4 members (excludes halogenated alkanes) is 3. The fourth-order valence-electron chi connectivity index (χ4n) is 2.13. The van der Waals surface area contributed by atoms with Gasteiger partial charge in [-0.3, -0.25) is 14.3 Å². The molecule has 0 bridgehead atoms. The van der Waals surface area contributed by atoms with Gasteiger partial charge in [0.15, 0.2) is 0 Å². The van der Waals surface area contributed by atoms with Crippen LogP contribution in [0.2, 0.25) is 0 Å². The largest absolute Gasteiger partial charge is 0.481 e.